The molecule has 0 atom stereocenters. The molecular weight excluding hydrogens is 138 g/mol. The van der Waals surface area contributed by atoms with E-state index in [1.165, 1.54) is 12.8 Å². The lowest BCUT2D eigenvalue weighted by atomic mass is 9.92. The molecule has 0 unspecified atom stereocenters. The number of ketones is 1. The summed E-state index contributed by atoms with van der Waals surface area (Å²) in [6, 6.07) is 0. The molecular formula is C9H17NO. The summed E-state index contributed by atoms with van der Waals surface area (Å²) >= 11 is 0. The second-order valence-electron chi connectivity index (χ2n) is 3.69. The third-order valence-electron chi connectivity index (χ3n) is 2.94. The topological polar surface area (TPSA) is 20.3 Å². The minimum Gasteiger partial charge on any atom is -0.298 e. The minimum atomic E-state index is -0.111. The number of hydrogen-bond donors (Lipinski definition) is 0. The first kappa shape index (κ1) is 8.72. The van der Waals surface area contributed by atoms with Gasteiger partial charge in [-0.25, -0.2) is 0 Å². The van der Waals surface area contributed by atoms with Gasteiger partial charge >= 0.3 is 0 Å². The molecule has 0 heterocycles. The van der Waals surface area contributed by atoms with Gasteiger partial charge in [0.2, 0.25) is 0 Å². The molecule has 0 amide bonds. The number of nitrogens with zero attached hydrogens (tertiary/aromatic N) is 1. The number of likely N-dealkylation sites (N-methyl/N-ethyl adjacent to an activating group) is 1. The van der Waals surface area contributed by atoms with Crippen molar-refractivity contribution in [3.63, 3.8) is 0 Å². The first-order valence-corrected chi connectivity index (χ1v) is 4.28. The summed E-state index contributed by atoms with van der Waals surface area (Å²) < 4.78 is 0. The molecule has 1 aliphatic rings. The minimum absolute atomic E-state index is 0.111. The summed E-state index contributed by atoms with van der Waals surface area (Å²) in [5.74, 6) is 0.333. The van der Waals surface area contributed by atoms with Crippen LogP contribution in [0, 0.1) is 0 Å². The van der Waals surface area contributed by atoms with Gasteiger partial charge in [-0.1, -0.05) is 12.8 Å². The third kappa shape index (κ3) is 1.32. The number of hydrogen-bond acceptors (Lipinski definition) is 2. The highest BCUT2D eigenvalue weighted by Crippen LogP contribution is 2.34. The Bertz CT molecular complexity index is 157. The van der Waals surface area contributed by atoms with Crippen LogP contribution < -0.4 is 0 Å². The smallest absolute Gasteiger partial charge is 0.149 e. The number of rotatable bonds is 2. The Balaban J connectivity index is 2.79. The van der Waals surface area contributed by atoms with Crippen molar-refractivity contribution in [3.05, 3.63) is 0 Å². The summed E-state index contributed by atoms with van der Waals surface area (Å²) in [5.41, 5.74) is -0.111. The van der Waals surface area contributed by atoms with Crippen LogP contribution in [-0.4, -0.2) is 30.3 Å². The molecule has 1 saturated carbocycles. The van der Waals surface area contributed by atoms with Gasteiger partial charge in [-0.05, 0) is 33.9 Å². The van der Waals surface area contributed by atoms with Gasteiger partial charge in [0.15, 0.2) is 0 Å². The number of Topliss-reactive ketones (excluding diaryl/α,β-unsaturated/α-hetero) is 1. The summed E-state index contributed by atoms with van der Waals surface area (Å²) in [5, 5.41) is 0. The van der Waals surface area contributed by atoms with Gasteiger partial charge in [-0.2, -0.15) is 0 Å². The van der Waals surface area contributed by atoms with Gasteiger partial charge in [-0.3, -0.25) is 9.69 Å². The molecule has 11 heavy (non-hydrogen) atoms. The van der Waals surface area contributed by atoms with E-state index < -0.39 is 0 Å². The molecule has 2 nitrogen and oxygen atoms in total. The molecule has 64 valence electrons. The average Bonchev–Trinajstić information content (AvgIpc) is 2.34. The summed E-state index contributed by atoms with van der Waals surface area (Å²) in [7, 11) is 4.01. The average molecular weight is 155 g/mol. The van der Waals surface area contributed by atoms with E-state index in [-0.39, 0.29) is 5.54 Å². The Morgan fingerprint density at radius 2 is 1.73 bits per heavy atom. The maximum atomic E-state index is 11.4. The largest absolute Gasteiger partial charge is 0.298 e. The number of carbonyl (C=O) groups is 1. The van der Waals surface area contributed by atoms with E-state index in [9.17, 15) is 4.79 Å². The van der Waals surface area contributed by atoms with E-state index in [4.69, 9.17) is 0 Å². The molecule has 0 saturated heterocycles. The predicted molar refractivity (Wildman–Crippen MR) is 45.6 cm³/mol. The van der Waals surface area contributed by atoms with Gasteiger partial charge in [0, 0.05) is 0 Å². The molecule has 0 aromatic heterocycles. The van der Waals surface area contributed by atoms with E-state index in [0.717, 1.165) is 12.8 Å². The van der Waals surface area contributed by atoms with Crippen molar-refractivity contribution in [2.24, 2.45) is 0 Å². The maximum absolute atomic E-state index is 11.4. The van der Waals surface area contributed by atoms with Crippen molar-refractivity contribution < 1.29 is 4.79 Å². The van der Waals surface area contributed by atoms with Crippen molar-refractivity contribution in [2.45, 2.75) is 38.1 Å². The summed E-state index contributed by atoms with van der Waals surface area (Å²) in [6.45, 7) is 1.71. The highest BCUT2D eigenvalue weighted by Gasteiger charge is 2.40. The Morgan fingerprint density at radius 3 is 1.91 bits per heavy atom. The van der Waals surface area contributed by atoms with Crippen molar-refractivity contribution in [2.75, 3.05) is 14.1 Å². The van der Waals surface area contributed by atoms with Crippen molar-refractivity contribution in [1.29, 1.82) is 0 Å². The van der Waals surface area contributed by atoms with Crippen molar-refractivity contribution in [3.8, 4) is 0 Å². The van der Waals surface area contributed by atoms with Crippen molar-refractivity contribution >= 4 is 5.78 Å². The molecule has 0 bridgehead atoms. The van der Waals surface area contributed by atoms with E-state index in [0.29, 0.717) is 5.78 Å². The van der Waals surface area contributed by atoms with Crippen molar-refractivity contribution in [1.82, 2.24) is 4.90 Å². The normalized spacial score (nSPS) is 22.5. The van der Waals surface area contributed by atoms with Crippen LogP contribution in [-0.2, 0) is 4.79 Å². The van der Waals surface area contributed by atoms with E-state index in [2.05, 4.69) is 4.90 Å². The standard InChI is InChI=1S/C9H17NO/c1-8(11)9(10(2)3)6-4-5-7-9/h4-7H2,1-3H3. The van der Waals surface area contributed by atoms with Crippen LogP contribution in [0.3, 0.4) is 0 Å². The van der Waals surface area contributed by atoms with Crippen LogP contribution in [0.2, 0.25) is 0 Å². The molecule has 2 heteroatoms. The van der Waals surface area contributed by atoms with Crippen LogP contribution in [0.1, 0.15) is 32.6 Å². The highest BCUT2D eigenvalue weighted by atomic mass is 16.1. The van der Waals surface area contributed by atoms with Gasteiger partial charge in [-0.15, -0.1) is 0 Å². The lowest BCUT2D eigenvalue weighted by Gasteiger charge is -2.33. The zero-order valence-electron chi connectivity index (χ0n) is 7.68. The first-order valence-electron chi connectivity index (χ1n) is 4.28. The van der Waals surface area contributed by atoms with Crippen LogP contribution in [0.15, 0.2) is 0 Å². The summed E-state index contributed by atoms with van der Waals surface area (Å²) in [4.78, 5) is 13.5. The van der Waals surface area contributed by atoms with Gasteiger partial charge in [0.05, 0.1) is 5.54 Å². The molecule has 0 aliphatic heterocycles. The summed E-state index contributed by atoms with van der Waals surface area (Å²) in [6.07, 6.45) is 4.51. The molecule has 0 radical (unpaired) electrons. The van der Waals surface area contributed by atoms with Gasteiger partial charge in [0.25, 0.3) is 0 Å². The zero-order chi connectivity index (χ0) is 8.48. The molecule has 1 fully saturated rings. The fourth-order valence-corrected chi connectivity index (χ4v) is 2.07. The van der Waals surface area contributed by atoms with E-state index in [1.807, 2.05) is 14.1 Å². The Morgan fingerprint density at radius 1 is 1.27 bits per heavy atom. The quantitative estimate of drug-likeness (QED) is 0.601. The first-order chi connectivity index (χ1) is 5.09. The molecule has 1 aliphatic carbocycles. The highest BCUT2D eigenvalue weighted by molar-refractivity contribution is 5.86. The van der Waals surface area contributed by atoms with Gasteiger partial charge in [0.1, 0.15) is 5.78 Å². The Hall–Kier alpha value is -0.370. The molecule has 1 rings (SSSR count). The SMILES string of the molecule is CC(=O)C1(N(C)C)CCCC1. The van der Waals surface area contributed by atoms with Crippen LogP contribution >= 0.6 is 0 Å². The monoisotopic (exact) mass is 155 g/mol. The number of carbonyl (C=O) groups excluding carboxylic acids is 1. The fourth-order valence-electron chi connectivity index (χ4n) is 2.07. The van der Waals surface area contributed by atoms with Crippen LogP contribution in [0.5, 0.6) is 0 Å². The predicted octanol–water partition coefficient (Wildman–Crippen LogP) is 1.45. The lowest BCUT2D eigenvalue weighted by molar-refractivity contribution is -0.127. The van der Waals surface area contributed by atoms with Crippen LogP contribution in [0.25, 0.3) is 0 Å². The maximum Gasteiger partial charge on any atom is 0.149 e. The molecule has 0 N–H and O–H groups in total. The van der Waals surface area contributed by atoms with Gasteiger partial charge < -0.3 is 0 Å². The Labute approximate surface area is 68.6 Å². The van der Waals surface area contributed by atoms with E-state index >= 15 is 0 Å². The Kier molecular flexibility index (Phi) is 2.33. The molecule has 0 aromatic rings. The zero-order valence-corrected chi connectivity index (χ0v) is 7.68. The fraction of sp³-hybridized carbons (Fsp3) is 0.889. The lowest BCUT2D eigenvalue weighted by Crippen LogP contribution is -2.47. The van der Waals surface area contributed by atoms with E-state index in [1.54, 1.807) is 6.92 Å². The second-order valence-corrected chi connectivity index (χ2v) is 3.69. The van der Waals surface area contributed by atoms with Crippen LogP contribution in [0.4, 0.5) is 0 Å². The molecule has 0 spiro atoms. The second kappa shape index (κ2) is 2.94. The third-order valence-corrected chi connectivity index (χ3v) is 2.94. The molecule has 0 aromatic carbocycles.